The molecule has 3 rings (SSSR count). The maximum atomic E-state index is 12.2. The number of ether oxygens (including phenoxy) is 1. The van der Waals surface area contributed by atoms with Gasteiger partial charge in [-0.25, -0.2) is 0 Å². The van der Waals surface area contributed by atoms with Gasteiger partial charge in [-0.1, -0.05) is 46.9 Å². The second-order valence-corrected chi connectivity index (χ2v) is 8.13. The number of carboxylic acid groups (broad SMARTS) is 1. The average molecular weight is 473 g/mol. The van der Waals surface area contributed by atoms with Gasteiger partial charge in [-0.2, -0.15) is 0 Å². The number of hydrogen-bond acceptors (Lipinski definition) is 5. The lowest BCUT2D eigenvalue weighted by Gasteiger charge is -2.11. The number of nitrogens with zero attached hydrogens (tertiary/aromatic N) is 1. The van der Waals surface area contributed by atoms with Crippen LogP contribution in [0.1, 0.15) is 11.1 Å². The van der Waals surface area contributed by atoms with E-state index >= 15 is 0 Å². The van der Waals surface area contributed by atoms with E-state index in [1.54, 1.807) is 12.1 Å². The molecule has 6 nitrogen and oxygen atoms in total. The Morgan fingerprint density at radius 3 is 2.31 bits per heavy atom. The van der Waals surface area contributed by atoms with Gasteiger partial charge in [0.05, 0.1) is 15.0 Å². The SMILES string of the molecule is O=C(O)CN1C(=O)S/C(=C/c2cc(Cl)c(OCc3ccc(Cl)cc3)c(Cl)c2)C1=O. The van der Waals surface area contributed by atoms with Crippen LogP contribution in [0, 0.1) is 0 Å². The zero-order valence-corrected chi connectivity index (χ0v) is 17.6. The van der Waals surface area contributed by atoms with Crippen LogP contribution in [0.3, 0.4) is 0 Å². The van der Waals surface area contributed by atoms with Gasteiger partial charge in [-0.05, 0) is 53.2 Å². The predicted octanol–water partition coefficient (Wildman–Crippen LogP) is 5.35. The minimum absolute atomic E-state index is 0.0817. The predicted molar refractivity (Wildman–Crippen MR) is 113 cm³/mol. The summed E-state index contributed by atoms with van der Waals surface area (Å²) >= 11 is 19.0. The van der Waals surface area contributed by atoms with E-state index in [2.05, 4.69) is 0 Å². The summed E-state index contributed by atoms with van der Waals surface area (Å²) in [4.78, 5) is 35.6. The highest BCUT2D eigenvalue weighted by atomic mass is 35.5. The normalized spacial score (nSPS) is 15.3. The molecule has 0 aliphatic carbocycles. The lowest BCUT2D eigenvalue weighted by Crippen LogP contribution is -2.33. The Morgan fingerprint density at radius 2 is 1.72 bits per heavy atom. The Labute approximate surface area is 185 Å². The molecular weight excluding hydrogens is 461 g/mol. The molecule has 0 aromatic heterocycles. The molecule has 0 saturated carbocycles. The number of carbonyl (C=O) groups is 3. The quantitative estimate of drug-likeness (QED) is 0.571. The second-order valence-electron chi connectivity index (χ2n) is 5.89. The molecule has 0 unspecified atom stereocenters. The average Bonchev–Trinajstić information content (AvgIpc) is 2.89. The summed E-state index contributed by atoms with van der Waals surface area (Å²) < 4.78 is 5.69. The minimum Gasteiger partial charge on any atom is -0.486 e. The lowest BCUT2D eigenvalue weighted by molar-refractivity contribution is -0.140. The molecule has 1 fully saturated rings. The van der Waals surface area contributed by atoms with Crippen molar-refractivity contribution in [2.24, 2.45) is 0 Å². The fourth-order valence-corrected chi connectivity index (χ4v) is 4.04. The Bertz CT molecular complexity index is 1000. The highest BCUT2D eigenvalue weighted by Crippen LogP contribution is 2.37. The molecule has 1 heterocycles. The van der Waals surface area contributed by atoms with E-state index in [9.17, 15) is 14.4 Å². The standard InChI is InChI=1S/C19H12Cl3NO5S/c20-12-3-1-10(2-4-12)9-28-17-13(21)5-11(6-14(17)22)7-15-18(26)23(8-16(24)25)19(27)29-15/h1-7H,8-9H2,(H,24,25)/b15-7+. The van der Waals surface area contributed by atoms with Gasteiger partial charge in [0.1, 0.15) is 13.2 Å². The summed E-state index contributed by atoms with van der Waals surface area (Å²) in [5.74, 6) is -1.68. The summed E-state index contributed by atoms with van der Waals surface area (Å²) in [5.41, 5.74) is 1.34. The lowest BCUT2D eigenvalue weighted by atomic mass is 10.2. The van der Waals surface area contributed by atoms with Crippen molar-refractivity contribution < 1.29 is 24.2 Å². The number of thioether (sulfide) groups is 1. The molecule has 1 saturated heterocycles. The van der Waals surface area contributed by atoms with Crippen molar-refractivity contribution in [2.45, 2.75) is 6.61 Å². The molecule has 2 amide bonds. The van der Waals surface area contributed by atoms with Gasteiger partial charge < -0.3 is 9.84 Å². The first-order valence-corrected chi connectivity index (χ1v) is 10.0. The number of benzene rings is 2. The molecule has 0 atom stereocenters. The summed E-state index contributed by atoms with van der Waals surface area (Å²) in [6.07, 6.45) is 1.42. The molecule has 29 heavy (non-hydrogen) atoms. The van der Waals surface area contributed by atoms with Crippen LogP contribution in [-0.2, 0) is 16.2 Å². The van der Waals surface area contributed by atoms with E-state index in [1.807, 2.05) is 12.1 Å². The van der Waals surface area contributed by atoms with Crippen LogP contribution >= 0.6 is 46.6 Å². The molecule has 2 aromatic rings. The number of amides is 2. The highest BCUT2D eigenvalue weighted by Gasteiger charge is 2.36. The first-order valence-electron chi connectivity index (χ1n) is 8.08. The summed E-state index contributed by atoms with van der Waals surface area (Å²) in [6, 6.07) is 10.2. The van der Waals surface area contributed by atoms with Crippen LogP contribution < -0.4 is 4.74 Å². The van der Waals surface area contributed by atoms with Crippen LogP contribution in [0.4, 0.5) is 4.79 Å². The van der Waals surface area contributed by atoms with Crippen molar-refractivity contribution in [1.29, 1.82) is 0 Å². The molecule has 1 N–H and O–H groups in total. The van der Waals surface area contributed by atoms with Crippen molar-refractivity contribution in [2.75, 3.05) is 6.54 Å². The maximum Gasteiger partial charge on any atom is 0.323 e. The molecule has 150 valence electrons. The van der Waals surface area contributed by atoms with Crippen LogP contribution in [0.2, 0.25) is 15.1 Å². The number of halogens is 3. The monoisotopic (exact) mass is 471 g/mol. The second kappa shape index (κ2) is 9.09. The van der Waals surface area contributed by atoms with Crippen molar-refractivity contribution >= 4 is 69.8 Å². The molecule has 1 aliphatic rings. The van der Waals surface area contributed by atoms with Crippen molar-refractivity contribution in [1.82, 2.24) is 4.90 Å². The molecule has 0 spiro atoms. The number of rotatable bonds is 6. The third-order valence-corrected chi connectivity index (χ3v) is 5.50. The van der Waals surface area contributed by atoms with E-state index in [-0.39, 0.29) is 27.3 Å². The zero-order valence-electron chi connectivity index (χ0n) is 14.5. The smallest absolute Gasteiger partial charge is 0.323 e. The van der Waals surface area contributed by atoms with Gasteiger partial charge >= 0.3 is 5.97 Å². The third kappa shape index (κ3) is 5.25. The van der Waals surface area contributed by atoms with Crippen LogP contribution in [0.5, 0.6) is 5.75 Å². The minimum atomic E-state index is -1.28. The van der Waals surface area contributed by atoms with Gasteiger partial charge in [0.2, 0.25) is 0 Å². The van der Waals surface area contributed by atoms with Crippen molar-refractivity contribution in [3.8, 4) is 5.75 Å². The summed E-state index contributed by atoms with van der Waals surface area (Å²) in [5, 5.41) is 9.22. The van der Waals surface area contributed by atoms with E-state index in [0.29, 0.717) is 27.2 Å². The Kier molecular flexibility index (Phi) is 6.74. The zero-order chi connectivity index (χ0) is 21.1. The van der Waals surface area contributed by atoms with Gasteiger partial charge in [0, 0.05) is 5.02 Å². The first-order chi connectivity index (χ1) is 13.7. The Hall–Kier alpha value is -2.19. The fourth-order valence-electron chi connectivity index (χ4n) is 2.46. The molecular formula is C19H12Cl3NO5S. The number of hydrogen-bond donors (Lipinski definition) is 1. The van der Waals surface area contributed by atoms with E-state index in [4.69, 9.17) is 44.6 Å². The first kappa shape index (κ1) is 21.5. The van der Waals surface area contributed by atoms with E-state index in [0.717, 1.165) is 5.56 Å². The van der Waals surface area contributed by atoms with Gasteiger partial charge in [0.15, 0.2) is 5.75 Å². The topological polar surface area (TPSA) is 83.9 Å². The highest BCUT2D eigenvalue weighted by molar-refractivity contribution is 8.18. The number of carbonyl (C=O) groups excluding carboxylic acids is 2. The third-order valence-electron chi connectivity index (χ3n) is 3.78. The van der Waals surface area contributed by atoms with Gasteiger partial charge in [-0.3, -0.25) is 19.3 Å². The van der Waals surface area contributed by atoms with E-state index < -0.39 is 23.7 Å². The molecule has 1 aliphatic heterocycles. The largest absolute Gasteiger partial charge is 0.486 e. The molecule has 2 aromatic carbocycles. The number of carboxylic acids is 1. The van der Waals surface area contributed by atoms with Crippen LogP contribution in [-0.4, -0.2) is 33.7 Å². The number of aliphatic carboxylic acids is 1. The summed E-state index contributed by atoms with van der Waals surface area (Å²) in [6.45, 7) is -0.467. The Balaban J connectivity index is 1.77. The molecule has 0 bridgehead atoms. The van der Waals surface area contributed by atoms with Crippen molar-refractivity contribution in [3.63, 3.8) is 0 Å². The Morgan fingerprint density at radius 1 is 1.10 bits per heavy atom. The van der Waals surface area contributed by atoms with Crippen LogP contribution in [0.15, 0.2) is 41.3 Å². The van der Waals surface area contributed by atoms with Gasteiger partial charge in [0.25, 0.3) is 11.1 Å². The summed E-state index contributed by atoms with van der Waals surface area (Å²) in [7, 11) is 0. The van der Waals surface area contributed by atoms with Crippen molar-refractivity contribution in [3.05, 3.63) is 67.5 Å². The molecule has 10 heteroatoms. The number of imide groups is 1. The van der Waals surface area contributed by atoms with Gasteiger partial charge in [-0.15, -0.1) is 0 Å². The van der Waals surface area contributed by atoms with Crippen LogP contribution in [0.25, 0.3) is 6.08 Å². The van der Waals surface area contributed by atoms with E-state index in [1.165, 1.54) is 18.2 Å². The molecule has 0 radical (unpaired) electrons. The maximum absolute atomic E-state index is 12.2. The fraction of sp³-hybridized carbons (Fsp3) is 0.105.